The molecule has 0 heterocycles. The average molecular weight is 183 g/mol. The first-order valence-corrected chi connectivity index (χ1v) is 5.51. The molecule has 0 aliphatic carbocycles. The smallest absolute Gasteiger partial charge is 0.0523 e. The summed E-state index contributed by atoms with van der Waals surface area (Å²) in [5.41, 5.74) is 1.41. The van der Waals surface area contributed by atoms with E-state index in [1.165, 1.54) is 37.8 Å². The summed E-state index contributed by atoms with van der Waals surface area (Å²) >= 11 is 0. The van der Waals surface area contributed by atoms with E-state index < -0.39 is 0 Å². The highest BCUT2D eigenvalue weighted by Gasteiger charge is 2.06. The summed E-state index contributed by atoms with van der Waals surface area (Å²) in [5.74, 6) is 0. The Hall–Kier alpha value is -0.330. The summed E-state index contributed by atoms with van der Waals surface area (Å²) in [6.45, 7) is 10.9. The Bertz CT molecular complexity index is 151. The summed E-state index contributed by atoms with van der Waals surface area (Å²) < 4.78 is 0. The molecule has 1 heteroatoms. The number of unbranched alkanes of at least 4 members (excludes halogenated alkanes) is 3. The minimum atomic E-state index is 0.106. The molecule has 0 saturated heterocycles. The predicted octanol–water partition coefficient (Wildman–Crippen LogP) is 4.22. The van der Waals surface area contributed by atoms with Gasteiger partial charge in [0.2, 0.25) is 0 Å². The second-order valence-electron chi connectivity index (χ2n) is 4.83. The van der Waals surface area contributed by atoms with Crippen LogP contribution in [-0.2, 0) is 0 Å². The third kappa shape index (κ3) is 9.59. The quantitative estimate of drug-likeness (QED) is 0.447. The molecule has 0 rings (SSSR count). The van der Waals surface area contributed by atoms with E-state index in [0.717, 1.165) is 0 Å². The van der Waals surface area contributed by atoms with Crippen LogP contribution in [0.15, 0.2) is 4.99 Å². The second-order valence-corrected chi connectivity index (χ2v) is 4.83. The standard InChI is InChI=1S/C12H25N/c1-6-7-8-9-10-11(2)13-12(3,4)5/h6-10H2,1-5H3. The maximum atomic E-state index is 4.62. The van der Waals surface area contributed by atoms with E-state index in [0.29, 0.717) is 0 Å². The lowest BCUT2D eigenvalue weighted by Crippen LogP contribution is -2.12. The molecular formula is C12H25N. The van der Waals surface area contributed by atoms with Crippen LogP contribution in [0.1, 0.15) is 66.7 Å². The highest BCUT2D eigenvalue weighted by molar-refractivity contribution is 5.82. The number of rotatable bonds is 5. The van der Waals surface area contributed by atoms with E-state index >= 15 is 0 Å². The second kappa shape index (κ2) is 6.17. The molecule has 0 fully saturated rings. The highest BCUT2D eigenvalue weighted by Crippen LogP contribution is 2.10. The summed E-state index contributed by atoms with van der Waals surface area (Å²) in [6.07, 6.45) is 6.52. The van der Waals surface area contributed by atoms with Crippen molar-refractivity contribution in [3.63, 3.8) is 0 Å². The largest absolute Gasteiger partial charge is 0.289 e. The predicted molar refractivity (Wildman–Crippen MR) is 61.6 cm³/mol. The molecule has 0 N–H and O–H groups in total. The first-order chi connectivity index (χ1) is 5.95. The Morgan fingerprint density at radius 3 is 2.15 bits per heavy atom. The summed E-state index contributed by atoms with van der Waals surface area (Å²) in [4.78, 5) is 4.62. The maximum Gasteiger partial charge on any atom is 0.0523 e. The van der Waals surface area contributed by atoms with Crippen LogP contribution in [-0.4, -0.2) is 11.3 Å². The molecule has 0 atom stereocenters. The van der Waals surface area contributed by atoms with Gasteiger partial charge in [0, 0.05) is 5.71 Å². The Morgan fingerprint density at radius 1 is 1.08 bits per heavy atom. The SMILES string of the molecule is CCCCCCC(C)=NC(C)(C)C. The van der Waals surface area contributed by atoms with E-state index in [4.69, 9.17) is 0 Å². The van der Waals surface area contributed by atoms with E-state index in [1.807, 2.05) is 0 Å². The van der Waals surface area contributed by atoms with Crippen LogP contribution in [0.5, 0.6) is 0 Å². The topological polar surface area (TPSA) is 12.4 Å². The van der Waals surface area contributed by atoms with Gasteiger partial charge >= 0.3 is 0 Å². The zero-order valence-corrected chi connectivity index (χ0v) is 9.98. The van der Waals surface area contributed by atoms with E-state index in [1.54, 1.807) is 0 Å². The first-order valence-electron chi connectivity index (χ1n) is 5.51. The van der Waals surface area contributed by atoms with Crippen LogP contribution in [0.25, 0.3) is 0 Å². The van der Waals surface area contributed by atoms with Gasteiger partial charge in [-0.2, -0.15) is 0 Å². The molecule has 0 radical (unpaired) electrons. The molecule has 0 aromatic rings. The molecule has 0 bridgehead atoms. The Labute approximate surface area is 83.6 Å². The summed E-state index contributed by atoms with van der Waals surface area (Å²) in [5, 5.41) is 0. The minimum Gasteiger partial charge on any atom is -0.289 e. The van der Waals surface area contributed by atoms with E-state index in [9.17, 15) is 0 Å². The third-order valence-electron chi connectivity index (χ3n) is 1.92. The Balaban J connectivity index is 3.62. The first kappa shape index (κ1) is 12.7. The molecule has 0 aliphatic heterocycles. The van der Waals surface area contributed by atoms with Crippen LogP contribution in [0.2, 0.25) is 0 Å². The van der Waals surface area contributed by atoms with Gasteiger partial charge in [-0.3, -0.25) is 4.99 Å². The number of hydrogen-bond acceptors (Lipinski definition) is 1. The van der Waals surface area contributed by atoms with E-state index in [-0.39, 0.29) is 5.54 Å². The lowest BCUT2D eigenvalue weighted by atomic mass is 10.1. The van der Waals surface area contributed by atoms with Gasteiger partial charge in [0.1, 0.15) is 0 Å². The number of hydrogen-bond donors (Lipinski definition) is 0. The average Bonchev–Trinajstić information content (AvgIpc) is 1.94. The van der Waals surface area contributed by atoms with Crippen molar-refractivity contribution in [2.24, 2.45) is 4.99 Å². The molecule has 0 aromatic carbocycles. The zero-order valence-electron chi connectivity index (χ0n) is 9.98. The minimum absolute atomic E-state index is 0.106. The van der Waals surface area contributed by atoms with Crippen molar-refractivity contribution in [2.75, 3.05) is 0 Å². The molecule has 0 aliphatic rings. The van der Waals surface area contributed by atoms with Gasteiger partial charge in [-0.1, -0.05) is 26.2 Å². The van der Waals surface area contributed by atoms with Crippen molar-refractivity contribution in [1.82, 2.24) is 0 Å². The van der Waals surface area contributed by atoms with Crippen molar-refractivity contribution in [3.8, 4) is 0 Å². The fourth-order valence-electron chi connectivity index (χ4n) is 1.44. The molecule has 0 aromatic heterocycles. The Morgan fingerprint density at radius 2 is 1.69 bits per heavy atom. The van der Waals surface area contributed by atoms with Crippen LogP contribution >= 0.6 is 0 Å². The zero-order chi connectivity index (χ0) is 10.3. The van der Waals surface area contributed by atoms with Gasteiger partial charge in [-0.15, -0.1) is 0 Å². The van der Waals surface area contributed by atoms with E-state index in [2.05, 4.69) is 39.6 Å². The van der Waals surface area contributed by atoms with Crippen LogP contribution < -0.4 is 0 Å². The molecular weight excluding hydrogens is 158 g/mol. The molecule has 0 unspecified atom stereocenters. The monoisotopic (exact) mass is 183 g/mol. The van der Waals surface area contributed by atoms with Gasteiger partial charge in [-0.25, -0.2) is 0 Å². The van der Waals surface area contributed by atoms with Crippen molar-refractivity contribution in [3.05, 3.63) is 0 Å². The molecule has 0 amide bonds. The van der Waals surface area contributed by atoms with Crippen molar-refractivity contribution in [2.45, 2.75) is 72.3 Å². The lowest BCUT2D eigenvalue weighted by Gasteiger charge is -2.13. The fourth-order valence-corrected chi connectivity index (χ4v) is 1.44. The molecule has 78 valence electrons. The van der Waals surface area contributed by atoms with Crippen LogP contribution in [0.3, 0.4) is 0 Å². The van der Waals surface area contributed by atoms with Gasteiger partial charge in [0.05, 0.1) is 5.54 Å². The van der Waals surface area contributed by atoms with Gasteiger partial charge in [-0.05, 0) is 40.5 Å². The Kier molecular flexibility index (Phi) is 6.02. The number of aliphatic imine (C=N–C) groups is 1. The van der Waals surface area contributed by atoms with Crippen molar-refractivity contribution < 1.29 is 0 Å². The normalized spacial score (nSPS) is 13.5. The fraction of sp³-hybridized carbons (Fsp3) is 0.917. The van der Waals surface area contributed by atoms with Crippen molar-refractivity contribution >= 4 is 5.71 Å². The van der Waals surface area contributed by atoms with Gasteiger partial charge in [0.15, 0.2) is 0 Å². The number of nitrogens with zero attached hydrogens (tertiary/aromatic N) is 1. The highest BCUT2D eigenvalue weighted by atomic mass is 14.8. The molecule has 1 nitrogen and oxygen atoms in total. The van der Waals surface area contributed by atoms with Crippen LogP contribution in [0.4, 0.5) is 0 Å². The van der Waals surface area contributed by atoms with Crippen LogP contribution in [0, 0.1) is 0 Å². The van der Waals surface area contributed by atoms with Crippen molar-refractivity contribution in [1.29, 1.82) is 0 Å². The van der Waals surface area contributed by atoms with Gasteiger partial charge in [0.25, 0.3) is 0 Å². The van der Waals surface area contributed by atoms with Gasteiger partial charge < -0.3 is 0 Å². The molecule has 0 saturated carbocycles. The third-order valence-corrected chi connectivity index (χ3v) is 1.92. The lowest BCUT2D eigenvalue weighted by molar-refractivity contribution is 0.578. The molecule has 0 spiro atoms. The molecule has 13 heavy (non-hydrogen) atoms. The summed E-state index contributed by atoms with van der Waals surface area (Å²) in [7, 11) is 0. The maximum absolute atomic E-state index is 4.62. The summed E-state index contributed by atoms with van der Waals surface area (Å²) in [6, 6.07) is 0.